The molecule has 0 aliphatic carbocycles. The number of likely N-dealkylation sites (N-methyl/N-ethyl adjacent to an activating group) is 1. The van der Waals surface area contributed by atoms with E-state index in [1.807, 2.05) is 0 Å². The summed E-state index contributed by atoms with van der Waals surface area (Å²) in [4.78, 5) is 2.14. The summed E-state index contributed by atoms with van der Waals surface area (Å²) in [5, 5.41) is 0. The van der Waals surface area contributed by atoms with E-state index in [-0.39, 0.29) is 11.0 Å². The molecular formula is C34H48N2O. The molecule has 3 atom stereocenters. The van der Waals surface area contributed by atoms with Crippen molar-refractivity contribution in [3.8, 4) is 5.75 Å². The maximum atomic E-state index is 6.56. The summed E-state index contributed by atoms with van der Waals surface area (Å²) in [5.41, 5.74) is 10.5. The third-order valence-corrected chi connectivity index (χ3v) is 7.44. The molecule has 0 aliphatic rings. The third kappa shape index (κ3) is 8.72. The molecule has 0 saturated carbocycles. The fourth-order valence-electron chi connectivity index (χ4n) is 6.02. The van der Waals surface area contributed by atoms with E-state index >= 15 is 0 Å². The molecule has 3 nitrogen and oxygen atoms in total. The Balaban J connectivity index is 1.92. The SMILES string of the molecule is CC(CC(c1ccccc1)C(C)(C)CC(C)(C)N)C(c1ccccc1)c1ccc(OCCN(C)C)cc1. The molecule has 3 aromatic rings. The van der Waals surface area contributed by atoms with Gasteiger partial charge in [-0.1, -0.05) is 93.6 Å². The van der Waals surface area contributed by atoms with Gasteiger partial charge in [0.15, 0.2) is 0 Å². The van der Waals surface area contributed by atoms with Crippen molar-refractivity contribution in [1.29, 1.82) is 0 Å². The number of nitrogens with zero attached hydrogens (tertiary/aromatic N) is 1. The van der Waals surface area contributed by atoms with E-state index in [4.69, 9.17) is 10.5 Å². The number of nitrogens with two attached hydrogens (primary N) is 1. The first-order chi connectivity index (χ1) is 17.5. The van der Waals surface area contributed by atoms with Gasteiger partial charge >= 0.3 is 0 Å². The lowest BCUT2D eigenvalue weighted by Crippen LogP contribution is -2.40. The van der Waals surface area contributed by atoms with Gasteiger partial charge in [-0.15, -0.1) is 0 Å². The molecule has 3 rings (SSSR count). The Morgan fingerprint density at radius 2 is 1.27 bits per heavy atom. The standard InChI is InChI=1S/C34H48N2O/c1-26(24-31(27-14-10-8-11-15-27)33(2,3)25-34(4,5)35)32(28-16-12-9-13-17-28)29-18-20-30(21-19-29)37-23-22-36(6)7/h8-21,26,31-32H,22-25,35H2,1-7H3. The van der Waals surface area contributed by atoms with Gasteiger partial charge in [0.2, 0.25) is 0 Å². The second-order valence-electron chi connectivity index (χ2n) is 12.4. The van der Waals surface area contributed by atoms with Crippen molar-refractivity contribution < 1.29 is 4.74 Å². The van der Waals surface area contributed by atoms with E-state index in [0.717, 1.165) is 25.1 Å². The van der Waals surface area contributed by atoms with E-state index in [2.05, 4.69) is 139 Å². The van der Waals surface area contributed by atoms with E-state index < -0.39 is 0 Å². The zero-order valence-electron chi connectivity index (χ0n) is 24.1. The maximum absolute atomic E-state index is 6.56. The normalized spacial score (nSPS) is 14.8. The summed E-state index contributed by atoms with van der Waals surface area (Å²) in [6.07, 6.45) is 2.04. The summed E-state index contributed by atoms with van der Waals surface area (Å²) < 4.78 is 5.98. The zero-order chi connectivity index (χ0) is 27.1. The molecule has 2 N–H and O–H groups in total. The molecule has 0 amide bonds. The topological polar surface area (TPSA) is 38.5 Å². The summed E-state index contributed by atoms with van der Waals surface area (Å²) in [6, 6.07) is 30.8. The van der Waals surface area contributed by atoms with Crippen LogP contribution in [0.5, 0.6) is 5.75 Å². The van der Waals surface area contributed by atoms with Gasteiger partial charge in [0.1, 0.15) is 12.4 Å². The Kier molecular flexibility index (Phi) is 9.98. The molecule has 0 heterocycles. The average molecular weight is 501 g/mol. The van der Waals surface area contributed by atoms with Gasteiger partial charge in [-0.3, -0.25) is 0 Å². The molecule has 0 aliphatic heterocycles. The lowest BCUT2D eigenvalue weighted by Gasteiger charge is -2.41. The fraction of sp³-hybridized carbons (Fsp3) is 0.471. The second kappa shape index (κ2) is 12.8. The Bertz CT molecular complexity index is 1050. The molecular weight excluding hydrogens is 452 g/mol. The van der Waals surface area contributed by atoms with Crippen molar-refractivity contribution in [2.75, 3.05) is 27.2 Å². The quantitative estimate of drug-likeness (QED) is 0.261. The predicted molar refractivity (Wildman–Crippen MR) is 158 cm³/mol. The van der Waals surface area contributed by atoms with Gasteiger partial charge in [0.05, 0.1) is 0 Å². The molecule has 3 unspecified atom stereocenters. The highest BCUT2D eigenvalue weighted by atomic mass is 16.5. The van der Waals surface area contributed by atoms with Crippen molar-refractivity contribution in [2.45, 2.75) is 64.8 Å². The molecule has 0 radical (unpaired) electrons. The van der Waals surface area contributed by atoms with Crippen molar-refractivity contribution >= 4 is 0 Å². The molecule has 37 heavy (non-hydrogen) atoms. The van der Waals surface area contributed by atoms with E-state index in [1.54, 1.807) is 0 Å². The molecule has 200 valence electrons. The molecule has 0 bridgehead atoms. The van der Waals surface area contributed by atoms with E-state index in [0.29, 0.717) is 24.4 Å². The first kappa shape index (κ1) is 28.9. The minimum absolute atomic E-state index is 0.0548. The first-order valence-corrected chi connectivity index (χ1v) is 13.7. The number of hydrogen-bond donors (Lipinski definition) is 1. The predicted octanol–water partition coefficient (Wildman–Crippen LogP) is 7.72. The van der Waals surface area contributed by atoms with Gasteiger partial charge in [-0.25, -0.2) is 0 Å². The molecule has 0 aromatic heterocycles. The second-order valence-corrected chi connectivity index (χ2v) is 12.4. The van der Waals surface area contributed by atoms with Crippen LogP contribution in [0.25, 0.3) is 0 Å². The van der Waals surface area contributed by atoms with Gasteiger partial charge in [-0.05, 0) is 86.9 Å². The van der Waals surface area contributed by atoms with Gasteiger partial charge in [0, 0.05) is 18.0 Å². The summed E-state index contributed by atoms with van der Waals surface area (Å²) in [6.45, 7) is 13.1. The maximum Gasteiger partial charge on any atom is 0.119 e. The van der Waals surface area contributed by atoms with Crippen LogP contribution in [0.2, 0.25) is 0 Å². The fourth-order valence-corrected chi connectivity index (χ4v) is 6.02. The van der Waals surface area contributed by atoms with Gasteiger partial charge in [-0.2, -0.15) is 0 Å². The lowest BCUT2D eigenvalue weighted by atomic mass is 9.64. The Labute approximate surface area is 226 Å². The van der Waals surface area contributed by atoms with Crippen LogP contribution < -0.4 is 10.5 Å². The monoisotopic (exact) mass is 500 g/mol. The van der Waals surface area contributed by atoms with Crippen LogP contribution in [0.15, 0.2) is 84.9 Å². The number of hydrogen-bond acceptors (Lipinski definition) is 3. The van der Waals surface area contributed by atoms with Crippen LogP contribution in [0, 0.1) is 11.3 Å². The summed E-state index contributed by atoms with van der Waals surface area (Å²) in [7, 11) is 4.13. The minimum Gasteiger partial charge on any atom is -0.492 e. The van der Waals surface area contributed by atoms with Crippen molar-refractivity contribution in [1.82, 2.24) is 4.90 Å². The minimum atomic E-state index is -0.221. The highest BCUT2D eigenvalue weighted by molar-refractivity contribution is 5.37. The van der Waals surface area contributed by atoms with Crippen molar-refractivity contribution in [3.63, 3.8) is 0 Å². The van der Waals surface area contributed by atoms with Crippen LogP contribution >= 0.6 is 0 Å². The van der Waals surface area contributed by atoms with Gasteiger partial charge in [0.25, 0.3) is 0 Å². The lowest BCUT2D eigenvalue weighted by molar-refractivity contribution is 0.183. The zero-order valence-corrected chi connectivity index (χ0v) is 24.1. The highest BCUT2D eigenvalue weighted by Crippen LogP contribution is 2.47. The van der Waals surface area contributed by atoms with Crippen LogP contribution in [0.1, 0.15) is 76.0 Å². The molecule has 0 spiro atoms. The molecule has 3 heteroatoms. The van der Waals surface area contributed by atoms with E-state index in [9.17, 15) is 0 Å². The van der Waals surface area contributed by atoms with Crippen LogP contribution in [-0.4, -0.2) is 37.7 Å². The Morgan fingerprint density at radius 3 is 1.78 bits per heavy atom. The van der Waals surface area contributed by atoms with Crippen LogP contribution in [-0.2, 0) is 0 Å². The summed E-state index contributed by atoms with van der Waals surface area (Å²) >= 11 is 0. The average Bonchev–Trinajstić information content (AvgIpc) is 2.83. The number of rotatable bonds is 13. The molecule has 0 saturated heterocycles. The number of benzene rings is 3. The Hall–Kier alpha value is -2.62. The van der Waals surface area contributed by atoms with Crippen LogP contribution in [0.3, 0.4) is 0 Å². The summed E-state index contributed by atoms with van der Waals surface area (Å²) in [5.74, 6) is 2.04. The van der Waals surface area contributed by atoms with Crippen molar-refractivity contribution in [3.05, 3.63) is 102 Å². The first-order valence-electron chi connectivity index (χ1n) is 13.7. The molecule has 3 aromatic carbocycles. The van der Waals surface area contributed by atoms with Crippen molar-refractivity contribution in [2.24, 2.45) is 17.1 Å². The third-order valence-electron chi connectivity index (χ3n) is 7.44. The Morgan fingerprint density at radius 1 is 0.757 bits per heavy atom. The van der Waals surface area contributed by atoms with E-state index in [1.165, 1.54) is 16.7 Å². The van der Waals surface area contributed by atoms with Crippen LogP contribution in [0.4, 0.5) is 0 Å². The van der Waals surface area contributed by atoms with Gasteiger partial charge < -0.3 is 15.4 Å². The number of ether oxygens (including phenoxy) is 1. The smallest absolute Gasteiger partial charge is 0.119 e. The molecule has 0 fully saturated rings. The largest absolute Gasteiger partial charge is 0.492 e. The highest BCUT2D eigenvalue weighted by Gasteiger charge is 2.37.